The molecule has 1 aliphatic carbocycles. The first-order valence-corrected chi connectivity index (χ1v) is 6.66. The summed E-state index contributed by atoms with van der Waals surface area (Å²) in [4.78, 5) is 0. The largest absolute Gasteiger partial charge is 0.493 e. The predicted molar refractivity (Wildman–Crippen MR) is 73.6 cm³/mol. The van der Waals surface area contributed by atoms with Gasteiger partial charge in [-0.05, 0) is 49.4 Å². The molecule has 0 bridgehead atoms. The summed E-state index contributed by atoms with van der Waals surface area (Å²) in [7, 11) is 5.39. The molecule has 0 radical (unpaired) electrons. The van der Waals surface area contributed by atoms with Crippen LogP contribution < -0.4 is 14.8 Å². The second kappa shape index (κ2) is 6.10. The third-order valence-corrected chi connectivity index (χ3v) is 3.98. The van der Waals surface area contributed by atoms with Crippen LogP contribution in [0.4, 0.5) is 0 Å². The Balaban J connectivity index is 2.23. The molecule has 1 aromatic rings. The van der Waals surface area contributed by atoms with Gasteiger partial charge in [0.15, 0.2) is 11.5 Å². The minimum atomic E-state index is 0.587. The number of nitrogens with one attached hydrogen (secondary N) is 1. The summed E-state index contributed by atoms with van der Waals surface area (Å²) in [5.74, 6) is 3.03. The average molecular weight is 249 g/mol. The van der Waals surface area contributed by atoms with E-state index in [0.29, 0.717) is 5.92 Å². The first-order valence-electron chi connectivity index (χ1n) is 6.66. The van der Waals surface area contributed by atoms with Crippen molar-refractivity contribution in [2.45, 2.75) is 25.2 Å². The van der Waals surface area contributed by atoms with Gasteiger partial charge in [0.25, 0.3) is 0 Å². The third-order valence-electron chi connectivity index (χ3n) is 3.98. The molecule has 3 heteroatoms. The average Bonchev–Trinajstić information content (AvgIpc) is 2.35. The molecule has 1 aromatic carbocycles. The van der Waals surface area contributed by atoms with E-state index in [9.17, 15) is 0 Å². The van der Waals surface area contributed by atoms with Gasteiger partial charge in [0.2, 0.25) is 0 Å². The van der Waals surface area contributed by atoms with Crippen LogP contribution in [0.3, 0.4) is 0 Å². The number of hydrogen-bond acceptors (Lipinski definition) is 3. The Labute approximate surface area is 109 Å². The monoisotopic (exact) mass is 249 g/mol. The minimum Gasteiger partial charge on any atom is -0.493 e. The maximum absolute atomic E-state index is 5.39. The molecule has 0 aromatic heterocycles. The Morgan fingerprint density at radius 2 is 1.94 bits per heavy atom. The number of methoxy groups -OCH3 is 2. The topological polar surface area (TPSA) is 30.5 Å². The Hall–Kier alpha value is -1.22. The molecule has 1 atom stereocenters. The molecular weight excluding hydrogens is 226 g/mol. The van der Waals surface area contributed by atoms with Crippen molar-refractivity contribution in [3.8, 4) is 11.5 Å². The molecule has 100 valence electrons. The van der Waals surface area contributed by atoms with Gasteiger partial charge in [0, 0.05) is 6.54 Å². The lowest BCUT2D eigenvalue weighted by atomic mass is 9.73. The maximum Gasteiger partial charge on any atom is 0.160 e. The molecule has 0 spiro atoms. The zero-order valence-corrected chi connectivity index (χ0v) is 11.5. The van der Waals surface area contributed by atoms with Crippen LogP contribution in [0.15, 0.2) is 18.2 Å². The number of benzene rings is 1. The van der Waals surface area contributed by atoms with Crippen LogP contribution in [0.1, 0.15) is 30.7 Å². The highest BCUT2D eigenvalue weighted by molar-refractivity contribution is 5.44. The first kappa shape index (κ1) is 13.2. The van der Waals surface area contributed by atoms with Gasteiger partial charge in [-0.15, -0.1) is 0 Å². The standard InChI is InChI=1S/C15H23NO2/c1-16-10-13(11-5-4-6-11)12-7-8-14(17-2)15(9-12)18-3/h7-9,11,13,16H,4-6,10H2,1-3H3/t13-/m1/s1. The zero-order chi connectivity index (χ0) is 13.0. The number of rotatable bonds is 6. The lowest BCUT2D eigenvalue weighted by Crippen LogP contribution is -2.28. The molecule has 0 unspecified atom stereocenters. The lowest BCUT2D eigenvalue weighted by molar-refractivity contribution is 0.257. The Morgan fingerprint density at radius 1 is 1.22 bits per heavy atom. The maximum atomic E-state index is 5.39. The summed E-state index contributed by atoms with van der Waals surface area (Å²) in [6, 6.07) is 6.30. The van der Waals surface area contributed by atoms with Crippen molar-refractivity contribution in [1.29, 1.82) is 0 Å². The van der Waals surface area contributed by atoms with Crippen LogP contribution in [-0.2, 0) is 0 Å². The molecular formula is C15H23NO2. The van der Waals surface area contributed by atoms with Gasteiger partial charge < -0.3 is 14.8 Å². The summed E-state index contributed by atoms with van der Waals surface area (Å²) in [5.41, 5.74) is 1.35. The molecule has 1 saturated carbocycles. The van der Waals surface area contributed by atoms with E-state index in [1.54, 1.807) is 14.2 Å². The minimum absolute atomic E-state index is 0.587. The van der Waals surface area contributed by atoms with Crippen molar-refractivity contribution < 1.29 is 9.47 Å². The molecule has 0 heterocycles. The highest BCUT2D eigenvalue weighted by atomic mass is 16.5. The van der Waals surface area contributed by atoms with E-state index in [1.807, 2.05) is 13.1 Å². The fraction of sp³-hybridized carbons (Fsp3) is 0.600. The van der Waals surface area contributed by atoms with E-state index in [4.69, 9.17) is 9.47 Å². The van der Waals surface area contributed by atoms with Crippen LogP contribution in [-0.4, -0.2) is 27.8 Å². The summed E-state index contributed by atoms with van der Waals surface area (Å²) in [5, 5.41) is 3.31. The summed E-state index contributed by atoms with van der Waals surface area (Å²) >= 11 is 0. The van der Waals surface area contributed by atoms with Gasteiger partial charge in [-0.2, -0.15) is 0 Å². The fourth-order valence-corrected chi connectivity index (χ4v) is 2.70. The Bertz CT molecular complexity index is 388. The zero-order valence-electron chi connectivity index (χ0n) is 11.5. The second-order valence-electron chi connectivity index (χ2n) is 4.97. The number of likely N-dealkylation sites (N-methyl/N-ethyl adjacent to an activating group) is 1. The molecule has 0 aliphatic heterocycles. The quantitative estimate of drug-likeness (QED) is 0.841. The lowest BCUT2D eigenvalue weighted by Gasteiger charge is -2.34. The van der Waals surface area contributed by atoms with Crippen molar-refractivity contribution >= 4 is 0 Å². The highest BCUT2D eigenvalue weighted by Crippen LogP contribution is 2.41. The van der Waals surface area contributed by atoms with E-state index in [-0.39, 0.29) is 0 Å². The van der Waals surface area contributed by atoms with E-state index >= 15 is 0 Å². The second-order valence-corrected chi connectivity index (χ2v) is 4.97. The van der Waals surface area contributed by atoms with Crippen LogP contribution in [0.25, 0.3) is 0 Å². The smallest absolute Gasteiger partial charge is 0.160 e. The Morgan fingerprint density at radius 3 is 2.44 bits per heavy atom. The van der Waals surface area contributed by atoms with E-state index < -0.39 is 0 Å². The van der Waals surface area contributed by atoms with Crippen LogP contribution in [0.5, 0.6) is 11.5 Å². The van der Waals surface area contributed by atoms with Gasteiger partial charge in [-0.25, -0.2) is 0 Å². The number of hydrogen-bond donors (Lipinski definition) is 1. The van der Waals surface area contributed by atoms with Crippen molar-refractivity contribution in [1.82, 2.24) is 5.32 Å². The van der Waals surface area contributed by atoms with Crippen molar-refractivity contribution in [2.75, 3.05) is 27.8 Å². The van der Waals surface area contributed by atoms with Crippen LogP contribution in [0.2, 0.25) is 0 Å². The molecule has 18 heavy (non-hydrogen) atoms. The van der Waals surface area contributed by atoms with Gasteiger partial charge in [0.1, 0.15) is 0 Å². The van der Waals surface area contributed by atoms with Gasteiger partial charge in [-0.3, -0.25) is 0 Å². The van der Waals surface area contributed by atoms with Crippen molar-refractivity contribution in [2.24, 2.45) is 5.92 Å². The van der Waals surface area contributed by atoms with Crippen LogP contribution >= 0.6 is 0 Å². The molecule has 3 nitrogen and oxygen atoms in total. The summed E-state index contributed by atoms with van der Waals surface area (Å²) in [6.07, 6.45) is 4.07. The SMILES string of the molecule is CNC[C@@H](c1ccc(OC)c(OC)c1)C1CCC1. The predicted octanol–water partition coefficient (Wildman–Crippen LogP) is 2.81. The van der Waals surface area contributed by atoms with Crippen LogP contribution in [0, 0.1) is 5.92 Å². The molecule has 1 aliphatic rings. The van der Waals surface area contributed by atoms with E-state index in [1.165, 1.54) is 24.8 Å². The van der Waals surface area contributed by atoms with E-state index in [0.717, 1.165) is 24.0 Å². The molecule has 2 rings (SSSR count). The van der Waals surface area contributed by atoms with Gasteiger partial charge >= 0.3 is 0 Å². The highest BCUT2D eigenvalue weighted by Gasteiger charge is 2.28. The first-order chi connectivity index (χ1) is 8.80. The van der Waals surface area contributed by atoms with Gasteiger partial charge in [-0.1, -0.05) is 12.5 Å². The molecule has 1 fully saturated rings. The van der Waals surface area contributed by atoms with Gasteiger partial charge in [0.05, 0.1) is 14.2 Å². The summed E-state index contributed by atoms with van der Waals surface area (Å²) in [6.45, 7) is 1.03. The molecule has 0 saturated heterocycles. The Kier molecular flexibility index (Phi) is 4.48. The third kappa shape index (κ3) is 2.61. The normalized spacial score (nSPS) is 17.1. The van der Waals surface area contributed by atoms with Crippen molar-refractivity contribution in [3.63, 3.8) is 0 Å². The fourth-order valence-electron chi connectivity index (χ4n) is 2.70. The molecule has 1 N–H and O–H groups in total. The molecule has 0 amide bonds. The van der Waals surface area contributed by atoms with Crippen molar-refractivity contribution in [3.05, 3.63) is 23.8 Å². The summed E-state index contributed by atoms with van der Waals surface area (Å²) < 4.78 is 10.7. The number of ether oxygens (including phenoxy) is 2. The van der Waals surface area contributed by atoms with E-state index in [2.05, 4.69) is 17.4 Å².